The van der Waals surface area contributed by atoms with Gasteiger partial charge in [-0.3, -0.25) is 4.90 Å². The SMILES string of the molecule is Cc1ccc(/C=C/S(=O)(=O)NCC#Cc2ccc(N3CCOC3=O)cc2)cc1. The quantitative estimate of drug-likeness (QED) is 0.789. The molecule has 0 radical (unpaired) electrons. The van der Waals surface area contributed by atoms with Crippen LogP contribution in [0.4, 0.5) is 10.5 Å². The number of sulfonamides is 1. The number of nitrogens with one attached hydrogen (secondary N) is 1. The third-order valence-electron chi connectivity index (χ3n) is 4.05. The van der Waals surface area contributed by atoms with Gasteiger partial charge < -0.3 is 4.74 Å². The molecule has 1 fully saturated rings. The second kappa shape index (κ2) is 8.74. The highest BCUT2D eigenvalue weighted by Gasteiger charge is 2.23. The molecule has 1 aliphatic rings. The molecule has 0 unspecified atom stereocenters. The summed E-state index contributed by atoms with van der Waals surface area (Å²) < 4.78 is 31.3. The summed E-state index contributed by atoms with van der Waals surface area (Å²) in [5.41, 5.74) is 3.39. The van der Waals surface area contributed by atoms with Crippen molar-refractivity contribution in [2.45, 2.75) is 6.92 Å². The van der Waals surface area contributed by atoms with E-state index in [-0.39, 0.29) is 12.6 Å². The van der Waals surface area contributed by atoms with Crippen molar-refractivity contribution in [1.29, 1.82) is 0 Å². The zero-order chi connectivity index (χ0) is 20.0. The van der Waals surface area contributed by atoms with E-state index in [9.17, 15) is 13.2 Å². The maximum absolute atomic E-state index is 12.0. The molecule has 0 spiro atoms. The van der Waals surface area contributed by atoms with Crippen molar-refractivity contribution < 1.29 is 17.9 Å². The van der Waals surface area contributed by atoms with Gasteiger partial charge >= 0.3 is 6.09 Å². The summed E-state index contributed by atoms with van der Waals surface area (Å²) in [6.45, 7) is 2.89. The first-order valence-electron chi connectivity index (χ1n) is 8.71. The van der Waals surface area contributed by atoms with E-state index < -0.39 is 10.0 Å². The van der Waals surface area contributed by atoms with Gasteiger partial charge in [-0.1, -0.05) is 41.7 Å². The molecule has 3 rings (SSSR count). The Balaban J connectivity index is 1.54. The van der Waals surface area contributed by atoms with Crippen LogP contribution in [0.15, 0.2) is 53.9 Å². The standard InChI is InChI=1S/C21H20N2O4S/c1-17-4-6-19(7-5-17)12-16-28(25,26)22-13-2-3-18-8-10-20(11-9-18)23-14-15-27-21(23)24/h4-12,16,22H,13-15H2,1H3/b16-12+. The number of amides is 1. The summed E-state index contributed by atoms with van der Waals surface area (Å²) in [5, 5.41) is 1.13. The molecule has 2 aromatic rings. The van der Waals surface area contributed by atoms with Crippen LogP contribution >= 0.6 is 0 Å². The first-order valence-corrected chi connectivity index (χ1v) is 10.3. The predicted molar refractivity (Wildman–Crippen MR) is 109 cm³/mol. The van der Waals surface area contributed by atoms with E-state index in [1.165, 1.54) is 6.08 Å². The lowest BCUT2D eigenvalue weighted by Crippen LogP contribution is -2.23. The first kappa shape index (κ1) is 19.7. The van der Waals surface area contributed by atoms with Gasteiger partial charge in [0.15, 0.2) is 0 Å². The fourth-order valence-electron chi connectivity index (χ4n) is 2.53. The Morgan fingerprint density at radius 3 is 2.50 bits per heavy atom. The molecule has 1 heterocycles. The number of rotatable bonds is 5. The molecule has 1 N–H and O–H groups in total. The number of aryl methyl sites for hydroxylation is 1. The van der Waals surface area contributed by atoms with Crippen LogP contribution in [0.5, 0.6) is 0 Å². The van der Waals surface area contributed by atoms with Crippen LogP contribution < -0.4 is 9.62 Å². The van der Waals surface area contributed by atoms with Gasteiger partial charge in [0.2, 0.25) is 10.0 Å². The van der Waals surface area contributed by atoms with E-state index >= 15 is 0 Å². The highest BCUT2D eigenvalue weighted by molar-refractivity contribution is 7.92. The van der Waals surface area contributed by atoms with Crippen LogP contribution in [0.1, 0.15) is 16.7 Å². The zero-order valence-electron chi connectivity index (χ0n) is 15.4. The van der Waals surface area contributed by atoms with E-state index in [0.29, 0.717) is 13.2 Å². The Hall–Kier alpha value is -3.08. The smallest absolute Gasteiger partial charge is 0.414 e. The van der Waals surface area contributed by atoms with Crippen molar-refractivity contribution in [3.8, 4) is 11.8 Å². The Kier molecular flexibility index (Phi) is 6.14. The van der Waals surface area contributed by atoms with Crippen LogP contribution in [0.3, 0.4) is 0 Å². The van der Waals surface area contributed by atoms with Gasteiger partial charge in [0.25, 0.3) is 0 Å². The lowest BCUT2D eigenvalue weighted by molar-refractivity contribution is 0.181. The minimum absolute atomic E-state index is 0.000767. The maximum Gasteiger partial charge on any atom is 0.414 e. The molecule has 7 heteroatoms. The number of carbonyl (C=O) groups is 1. The molecule has 1 amide bonds. The van der Waals surface area contributed by atoms with E-state index in [2.05, 4.69) is 16.6 Å². The summed E-state index contributed by atoms with van der Waals surface area (Å²) in [4.78, 5) is 13.1. The number of cyclic esters (lactones) is 1. The topological polar surface area (TPSA) is 75.7 Å². The molecule has 0 bridgehead atoms. The van der Waals surface area contributed by atoms with Gasteiger partial charge in [-0.2, -0.15) is 4.72 Å². The third-order valence-corrected chi connectivity index (χ3v) is 5.09. The molecular weight excluding hydrogens is 376 g/mol. The average molecular weight is 396 g/mol. The Labute approximate surface area is 164 Å². The van der Waals surface area contributed by atoms with Crippen molar-refractivity contribution in [1.82, 2.24) is 4.72 Å². The largest absolute Gasteiger partial charge is 0.447 e. The lowest BCUT2D eigenvalue weighted by atomic mass is 10.2. The van der Waals surface area contributed by atoms with Crippen LogP contribution in [0, 0.1) is 18.8 Å². The Morgan fingerprint density at radius 2 is 1.86 bits per heavy atom. The number of ether oxygens (including phenoxy) is 1. The van der Waals surface area contributed by atoms with Crippen molar-refractivity contribution in [3.63, 3.8) is 0 Å². The second-order valence-electron chi connectivity index (χ2n) is 6.19. The monoisotopic (exact) mass is 396 g/mol. The number of anilines is 1. The summed E-state index contributed by atoms with van der Waals surface area (Å²) >= 11 is 0. The number of carbonyl (C=O) groups excluding carboxylic acids is 1. The van der Waals surface area contributed by atoms with Gasteiger partial charge in [0.05, 0.1) is 13.1 Å². The van der Waals surface area contributed by atoms with E-state index in [0.717, 1.165) is 27.8 Å². The minimum atomic E-state index is -3.56. The molecule has 6 nitrogen and oxygen atoms in total. The van der Waals surface area contributed by atoms with E-state index in [1.54, 1.807) is 29.2 Å². The predicted octanol–water partition coefficient (Wildman–Crippen LogP) is 2.89. The van der Waals surface area contributed by atoms with Crippen molar-refractivity contribution >= 4 is 27.9 Å². The summed E-state index contributed by atoms with van der Waals surface area (Å²) in [7, 11) is -3.56. The summed E-state index contributed by atoms with van der Waals surface area (Å²) in [5.74, 6) is 5.67. The van der Waals surface area contributed by atoms with Crippen molar-refractivity contribution in [2.24, 2.45) is 0 Å². The first-order chi connectivity index (χ1) is 13.4. The van der Waals surface area contributed by atoms with Crippen LogP contribution in [-0.4, -0.2) is 34.2 Å². The van der Waals surface area contributed by atoms with Crippen molar-refractivity contribution in [3.05, 3.63) is 70.6 Å². The Bertz CT molecular complexity index is 1030. The fourth-order valence-corrected chi connectivity index (χ4v) is 3.24. The van der Waals surface area contributed by atoms with Gasteiger partial charge in [-0.15, -0.1) is 0 Å². The molecule has 1 aliphatic heterocycles. The maximum atomic E-state index is 12.0. The van der Waals surface area contributed by atoms with E-state index in [4.69, 9.17) is 4.74 Å². The van der Waals surface area contributed by atoms with Gasteiger partial charge in [-0.25, -0.2) is 13.2 Å². The molecular formula is C21H20N2O4S. The van der Waals surface area contributed by atoms with E-state index in [1.807, 2.05) is 31.2 Å². The fraction of sp³-hybridized carbons (Fsp3) is 0.190. The molecule has 0 atom stereocenters. The Morgan fingerprint density at radius 1 is 1.14 bits per heavy atom. The number of nitrogens with zero attached hydrogens (tertiary/aromatic N) is 1. The summed E-state index contributed by atoms with van der Waals surface area (Å²) in [6.07, 6.45) is 1.18. The normalized spacial score (nSPS) is 14.0. The van der Waals surface area contributed by atoms with Crippen LogP contribution in [0.25, 0.3) is 6.08 Å². The van der Waals surface area contributed by atoms with Crippen LogP contribution in [-0.2, 0) is 14.8 Å². The molecule has 0 aromatic heterocycles. The average Bonchev–Trinajstić information content (AvgIpc) is 3.11. The van der Waals surface area contributed by atoms with Gasteiger partial charge in [0.1, 0.15) is 6.61 Å². The molecule has 0 aliphatic carbocycles. The highest BCUT2D eigenvalue weighted by atomic mass is 32.2. The zero-order valence-corrected chi connectivity index (χ0v) is 16.2. The van der Waals surface area contributed by atoms with Gasteiger partial charge in [0, 0.05) is 16.7 Å². The minimum Gasteiger partial charge on any atom is -0.447 e. The van der Waals surface area contributed by atoms with Crippen molar-refractivity contribution in [2.75, 3.05) is 24.6 Å². The third kappa shape index (κ3) is 5.46. The number of hydrogen-bond donors (Lipinski definition) is 1. The summed E-state index contributed by atoms with van der Waals surface area (Å²) in [6, 6.07) is 14.7. The number of hydrogen-bond acceptors (Lipinski definition) is 4. The molecule has 28 heavy (non-hydrogen) atoms. The molecule has 144 valence electrons. The molecule has 2 aromatic carbocycles. The van der Waals surface area contributed by atoms with Gasteiger partial charge in [-0.05, 0) is 42.8 Å². The second-order valence-corrected chi connectivity index (χ2v) is 7.85. The number of benzene rings is 2. The lowest BCUT2D eigenvalue weighted by Gasteiger charge is -2.11. The molecule has 1 saturated heterocycles. The molecule has 0 saturated carbocycles. The highest BCUT2D eigenvalue weighted by Crippen LogP contribution is 2.18. The van der Waals surface area contributed by atoms with Crippen LogP contribution in [0.2, 0.25) is 0 Å².